The SMILES string of the molecule is Cc1cccc(C(=O)C2C(c3cccc([N+](=O)[O-])c3)N(C(=O)C3CCCCC3)C(C)(C(=O)O)C2c2ccc(F)cc2)c1. The van der Waals surface area contributed by atoms with Crippen molar-refractivity contribution in [3.05, 3.63) is 111 Å². The molecule has 3 aromatic carbocycles. The molecule has 1 heterocycles. The molecule has 1 saturated carbocycles. The number of non-ortho nitro benzene ring substituents is 1. The van der Waals surface area contributed by atoms with Crippen molar-refractivity contribution in [2.45, 2.75) is 63.5 Å². The lowest BCUT2D eigenvalue weighted by molar-refractivity contribution is -0.385. The smallest absolute Gasteiger partial charge is 0.330 e. The molecule has 2 fully saturated rings. The lowest BCUT2D eigenvalue weighted by Gasteiger charge is -2.40. The molecule has 42 heavy (non-hydrogen) atoms. The van der Waals surface area contributed by atoms with Crippen LogP contribution in [0.4, 0.5) is 10.1 Å². The van der Waals surface area contributed by atoms with Gasteiger partial charge in [0.15, 0.2) is 5.78 Å². The van der Waals surface area contributed by atoms with E-state index in [0.29, 0.717) is 29.5 Å². The fourth-order valence-corrected chi connectivity index (χ4v) is 6.95. The Balaban J connectivity index is 1.81. The molecule has 3 aromatic rings. The van der Waals surface area contributed by atoms with Gasteiger partial charge in [-0.1, -0.05) is 67.3 Å². The molecule has 0 radical (unpaired) electrons. The summed E-state index contributed by atoms with van der Waals surface area (Å²) in [5.74, 6) is -5.27. The first-order chi connectivity index (χ1) is 20.0. The van der Waals surface area contributed by atoms with Gasteiger partial charge in [0.05, 0.1) is 16.9 Å². The predicted molar refractivity (Wildman–Crippen MR) is 153 cm³/mol. The maximum absolute atomic E-state index is 14.6. The molecule has 0 bridgehead atoms. The van der Waals surface area contributed by atoms with Crippen molar-refractivity contribution in [3.8, 4) is 0 Å². The summed E-state index contributed by atoms with van der Waals surface area (Å²) in [5, 5.41) is 22.7. The van der Waals surface area contributed by atoms with Crippen molar-refractivity contribution < 1.29 is 28.8 Å². The highest BCUT2D eigenvalue weighted by Gasteiger charge is 2.65. The monoisotopic (exact) mass is 572 g/mol. The van der Waals surface area contributed by atoms with Gasteiger partial charge in [-0.2, -0.15) is 0 Å². The number of carbonyl (C=O) groups is 3. The molecule has 8 nitrogen and oxygen atoms in total. The predicted octanol–water partition coefficient (Wildman–Crippen LogP) is 6.63. The topological polar surface area (TPSA) is 118 Å². The zero-order valence-corrected chi connectivity index (χ0v) is 23.5. The van der Waals surface area contributed by atoms with E-state index in [-0.39, 0.29) is 11.6 Å². The first-order valence-electron chi connectivity index (χ1n) is 14.2. The Hall–Kier alpha value is -4.40. The average molecular weight is 573 g/mol. The Morgan fingerprint density at radius 3 is 2.24 bits per heavy atom. The number of benzene rings is 3. The van der Waals surface area contributed by atoms with Crippen molar-refractivity contribution in [3.63, 3.8) is 0 Å². The maximum Gasteiger partial charge on any atom is 0.330 e. The van der Waals surface area contributed by atoms with E-state index in [1.165, 1.54) is 54.3 Å². The number of aliphatic carboxylic acids is 1. The molecule has 2 aliphatic rings. The van der Waals surface area contributed by atoms with Crippen LogP contribution in [0.5, 0.6) is 0 Å². The van der Waals surface area contributed by atoms with Crippen LogP contribution in [0.1, 0.15) is 78.0 Å². The molecular formula is C33H33FN2O6. The molecule has 5 rings (SSSR count). The summed E-state index contributed by atoms with van der Waals surface area (Å²) < 4.78 is 14.1. The third-order valence-corrected chi connectivity index (χ3v) is 8.97. The highest BCUT2D eigenvalue weighted by Crippen LogP contribution is 2.57. The number of hydrogen-bond donors (Lipinski definition) is 1. The number of Topliss-reactive ketones (excluding diaryl/α,β-unsaturated/α-hetero) is 1. The number of nitrogens with zero attached hydrogens (tertiary/aromatic N) is 2. The largest absolute Gasteiger partial charge is 0.479 e. The van der Waals surface area contributed by atoms with Gasteiger partial charge in [0, 0.05) is 29.5 Å². The number of hydrogen-bond acceptors (Lipinski definition) is 5. The number of rotatable bonds is 7. The van der Waals surface area contributed by atoms with Crippen molar-refractivity contribution >= 4 is 23.3 Å². The molecule has 1 aliphatic heterocycles. The molecule has 4 atom stereocenters. The van der Waals surface area contributed by atoms with Gasteiger partial charge in [-0.25, -0.2) is 9.18 Å². The minimum atomic E-state index is -1.92. The van der Waals surface area contributed by atoms with Crippen molar-refractivity contribution in [2.24, 2.45) is 11.8 Å². The summed E-state index contributed by atoms with van der Waals surface area (Å²) in [6, 6.07) is 16.8. The number of nitro benzene ring substituents is 1. The third-order valence-electron chi connectivity index (χ3n) is 8.97. The molecule has 1 aliphatic carbocycles. The van der Waals surface area contributed by atoms with Gasteiger partial charge in [0.1, 0.15) is 11.4 Å². The normalized spacial score (nSPS) is 24.4. The van der Waals surface area contributed by atoms with E-state index in [2.05, 4.69) is 0 Å². The number of ketones is 1. The van der Waals surface area contributed by atoms with Crippen LogP contribution >= 0.6 is 0 Å². The lowest BCUT2D eigenvalue weighted by Crippen LogP contribution is -2.55. The summed E-state index contributed by atoms with van der Waals surface area (Å²) >= 11 is 0. The molecular weight excluding hydrogens is 539 g/mol. The average Bonchev–Trinajstić information content (AvgIpc) is 3.27. The molecule has 1 saturated heterocycles. The Kier molecular flexibility index (Phi) is 7.95. The fourth-order valence-electron chi connectivity index (χ4n) is 6.95. The first kappa shape index (κ1) is 29.1. The van der Waals surface area contributed by atoms with Gasteiger partial charge in [0.25, 0.3) is 5.69 Å². The van der Waals surface area contributed by atoms with Gasteiger partial charge in [-0.15, -0.1) is 0 Å². The van der Waals surface area contributed by atoms with Crippen molar-refractivity contribution in [1.29, 1.82) is 0 Å². The summed E-state index contributed by atoms with van der Waals surface area (Å²) in [7, 11) is 0. The molecule has 0 spiro atoms. The van der Waals surface area contributed by atoms with Crippen LogP contribution in [0.15, 0.2) is 72.8 Å². The first-order valence-corrected chi connectivity index (χ1v) is 14.2. The highest BCUT2D eigenvalue weighted by molar-refractivity contribution is 6.02. The lowest BCUT2D eigenvalue weighted by atomic mass is 9.71. The molecule has 1 N–H and O–H groups in total. The van der Waals surface area contributed by atoms with Gasteiger partial charge < -0.3 is 10.0 Å². The number of likely N-dealkylation sites (tertiary alicyclic amines) is 1. The second-order valence-corrected chi connectivity index (χ2v) is 11.6. The Labute approximate surface area is 243 Å². The van der Waals surface area contributed by atoms with E-state index in [0.717, 1.165) is 24.8 Å². The summed E-state index contributed by atoms with van der Waals surface area (Å²) in [6.07, 6.45) is 3.79. The van der Waals surface area contributed by atoms with E-state index in [1.54, 1.807) is 24.3 Å². The second kappa shape index (κ2) is 11.5. The van der Waals surface area contributed by atoms with E-state index in [9.17, 15) is 34.0 Å². The van der Waals surface area contributed by atoms with Gasteiger partial charge >= 0.3 is 5.97 Å². The standard InChI is InChI=1S/C33H33FN2O6/c1-20-8-6-12-24(18-20)30(37)27-28(21-14-16-25(34)17-15-21)33(2,32(39)40)35(31(38)22-9-4-3-5-10-22)29(27)23-11-7-13-26(19-23)36(41)42/h6-8,11-19,22,27-29H,3-5,9-10H2,1-2H3,(H,39,40). The van der Waals surface area contributed by atoms with Gasteiger partial charge in [0.2, 0.25) is 5.91 Å². The molecule has 4 unspecified atom stereocenters. The fraction of sp³-hybridized carbons (Fsp3) is 0.364. The number of carboxylic acid groups (broad SMARTS) is 1. The molecule has 218 valence electrons. The van der Waals surface area contributed by atoms with Gasteiger partial charge in [-0.05, 0) is 56.0 Å². The number of halogens is 1. The summed E-state index contributed by atoms with van der Waals surface area (Å²) in [5.41, 5.74) is -0.312. The molecule has 1 amide bonds. The minimum absolute atomic E-state index is 0.235. The Bertz CT molecular complexity index is 1530. The van der Waals surface area contributed by atoms with Crippen LogP contribution in [0.3, 0.4) is 0 Å². The van der Waals surface area contributed by atoms with Crippen LogP contribution in [0.25, 0.3) is 0 Å². The summed E-state index contributed by atoms with van der Waals surface area (Å²) in [6.45, 7) is 3.28. The quantitative estimate of drug-likeness (QED) is 0.193. The number of amides is 1. The van der Waals surface area contributed by atoms with Crippen LogP contribution in [-0.2, 0) is 9.59 Å². The second-order valence-electron chi connectivity index (χ2n) is 11.6. The summed E-state index contributed by atoms with van der Waals surface area (Å²) in [4.78, 5) is 55.0. The van der Waals surface area contributed by atoms with Crippen LogP contribution in [0, 0.1) is 34.7 Å². The maximum atomic E-state index is 14.6. The van der Waals surface area contributed by atoms with Crippen molar-refractivity contribution in [2.75, 3.05) is 0 Å². The number of nitro groups is 1. The number of aryl methyl sites for hydroxylation is 1. The molecule has 9 heteroatoms. The van der Waals surface area contributed by atoms with Crippen LogP contribution in [-0.4, -0.2) is 38.1 Å². The minimum Gasteiger partial charge on any atom is -0.479 e. The number of carboxylic acids is 1. The van der Waals surface area contributed by atoms with Crippen LogP contribution < -0.4 is 0 Å². The zero-order chi connectivity index (χ0) is 30.2. The van der Waals surface area contributed by atoms with Gasteiger partial charge in [-0.3, -0.25) is 19.7 Å². The zero-order valence-electron chi connectivity index (χ0n) is 23.5. The highest BCUT2D eigenvalue weighted by atomic mass is 19.1. The third kappa shape index (κ3) is 5.08. The number of carbonyl (C=O) groups excluding carboxylic acids is 2. The Morgan fingerprint density at radius 1 is 0.952 bits per heavy atom. The van der Waals surface area contributed by atoms with E-state index in [4.69, 9.17) is 0 Å². The van der Waals surface area contributed by atoms with Crippen molar-refractivity contribution in [1.82, 2.24) is 4.90 Å². The molecule has 0 aromatic heterocycles. The van der Waals surface area contributed by atoms with E-state index in [1.807, 2.05) is 13.0 Å². The van der Waals surface area contributed by atoms with Crippen LogP contribution in [0.2, 0.25) is 0 Å². The van der Waals surface area contributed by atoms with E-state index < -0.39 is 51.8 Å². The Morgan fingerprint density at radius 2 is 1.62 bits per heavy atom. The van der Waals surface area contributed by atoms with E-state index >= 15 is 0 Å².